The Kier molecular flexibility index (Phi) is 3.15. The van der Waals surface area contributed by atoms with Crippen LogP contribution in [0.15, 0.2) is 12.1 Å². The first-order chi connectivity index (χ1) is 6.77. The third kappa shape index (κ3) is 1.83. The molecule has 2 rings (SSSR count). The van der Waals surface area contributed by atoms with Crippen LogP contribution in [-0.2, 0) is 5.41 Å². The molecular weight excluding hydrogens is 214 g/mol. The van der Waals surface area contributed by atoms with Crippen molar-refractivity contribution in [1.29, 1.82) is 0 Å². The molecule has 0 aromatic carbocycles. The van der Waals surface area contributed by atoms with Crippen LogP contribution >= 0.6 is 22.9 Å². The first-order valence-corrected chi connectivity index (χ1v) is 6.51. The highest BCUT2D eigenvalue weighted by atomic mass is 35.5. The molecular formula is C11H17ClNS+. The molecule has 0 bridgehead atoms. The summed E-state index contributed by atoms with van der Waals surface area (Å²) < 4.78 is 0.915. The van der Waals surface area contributed by atoms with Gasteiger partial charge in [-0.2, -0.15) is 0 Å². The molecule has 0 radical (unpaired) electrons. The van der Waals surface area contributed by atoms with Crippen molar-refractivity contribution in [2.75, 3.05) is 6.54 Å². The molecule has 0 aliphatic heterocycles. The minimum atomic E-state index is 0.357. The van der Waals surface area contributed by atoms with Crippen LogP contribution in [0.25, 0.3) is 0 Å². The number of hydrogen-bond donors (Lipinski definition) is 1. The molecule has 1 aromatic heterocycles. The topological polar surface area (TPSA) is 27.6 Å². The van der Waals surface area contributed by atoms with Gasteiger partial charge >= 0.3 is 0 Å². The molecule has 1 nitrogen and oxygen atoms in total. The van der Waals surface area contributed by atoms with E-state index in [-0.39, 0.29) is 0 Å². The lowest BCUT2D eigenvalue weighted by Gasteiger charge is -2.33. The SMILES string of the molecule is [NH3+]CC1(c2ccc(Cl)s2)CCCCC1. The maximum Gasteiger partial charge on any atom is 0.0931 e. The highest BCUT2D eigenvalue weighted by Gasteiger charge is 2.35. The van der Waals surface area contributed by atoms with Gasteiger partial charge in [-0.3, -0.25) is 0 Å². The Bertz CT molecular complexity index is 302. The van der Waals surface area contributed by atoms with Gasteiger partial charge in [-0.05, 0) is 25.0 Å². The number of hydrogen-bond acceptors (Lipinski definition) is 1. The fourth-order valence-electron chi connectivity index (χ4n) is 2.45. The summed E-state index contributed by atoms with van der Waals surface area (Å²) in [5, 5.41) is 0. The zero-order valence-electron chi connectivity index (χ0n) is 8.39. The molecule has 0 spiro atoms. The van der Waals surface area contributed by atoms with E-state index in [0.717, 1.165) is 10.9 Å². The molecule has 1 fully saturated rings. The largest absolute Gasteiger partial charge is 0.357 e. The fourth-order valence-corrected chi connectivity index (χ4v) is 3.76. The Balaban J connectivity index is 2.26. The first-order valence-electron chi connectivity index (χ1n) is 5.32. The van der Waals surface area contributed by atoms with E-state index in [4.69, 9.17) is 11.6 Å². The van der Waals surface area contributed by atoms with E-state index < -0.39 is 0 Å². The Morgan fingerprint density at radius 1 is 1.29 bits per heavy atom. The van der Waals surface area contributed by atoms with Crippen molar-refractivity contribution in [1.82, 2.24) is 0 Å². The molecule has 1 aliphatic rings. The third-order valence-electron chi connectivity index (χ3n) is 3.39. The van der Waals surface area contributed by atoms with E-state index in [0.29, 0.717) is 5.41 Å². The molecule has 14 heavy (non-hydrogen) atoms. The Morgan fingerprint density at radius 3 is 2.50 bits per heavy atom. The summed E-state index contributed by atoms with van der Waals surface area (Å²) in [4.78, 5) is 1.46. The van der Waals surface area contributed by atoms with E-state index in [2.05, 4.69) is 11.8 Å². The minimum Gasteiger partial charge on any atom is -0.357 e. The summed E-state index contributed by atoms with van der Waals surface area (Å²) in [7, 11) is 0. The van der Waals surface area contributed by atoms with Gasteiger partial charge in [0.1, 0.15) is 0 Å². The first kappa shape index (κ1) is 10.5. The van der Waals surface area contributed by atoms with Crippen molar-refractivity contribution in [2.45, 2.75) is 37.5 Å². The molecule has 3 heteroatoms. The molecule has 1 heterocycles. The molecule has 1 aromatic rings. The Morgan fingerprint density at radius 2 is 2.00 bits per heavy atom. The number of quaternary nitrogens is 1. The van der Waals surface area contributed by atoms with Gasteiger partial charge < -0.3 is 5.73 Å². The third-order valence-corrected chi connectivity index (χ3v) is 4.86. The van der Waals surface area contributed by atoms with Crippen LogP contribution in [0.5, 0.6) is 0 Å². The average Bonchev–Trinajstić information content (AvgIpc) is 2.66. The zero-order valence-corrected chi connectivity index (χ0v) is 9.96. The van der Waals surface area contributed by atoms with Gasteiger partial charge in [-0.15, -0.1) is 11.3 Å². The molecule has 0 amide bonds. The van der Waals surface area contributed by atoms with E-state index >= 15 is 0 Å². The van der Waals surface area contributed by atoms with Gasteiger partial charge in [-0.25, -0.2) is 0 Å². The highest BCUT2D eigenvalue weighted by Crippen LogP contribution is 2.42. The maximum atomic E-state index is 6.00. The summed E-state index contributed by atoms with van der Waals surface area (Å²) in [6.07, 6.45) is 6.69. The molecule has 1 saturated carbocycles. The van der Waals surface area contributed by atoms with Crippen molar-refractivity contribution in [2.24, 2.45) is 0 Å². The molecule has 1 aliphatic carbocycles. The lowest BCUT2D eigenvalue weighted by molar-refractivity contribution is -0.384. The van der Waals surface area contributed by atoms with Crippen LogP contribution in [0.2, 0.25) is 4.34 Å². The summed E-state index contributed by atoms with van der Waals surface area (Å²) in [5.41, 5.74) is 4.49. The average molecular weight is 231 g/mol. The summed E-state index contributed by atoms with van der Waals surface area (Å²) in [5.74, 6) is 0. The number of rotatable bonds is 2. The van der Waals surface area contributed by atoms with Gasteiger partial charge in [0.2, 0.25) is 0 Å². The van der Waals surface area contributed by atoms with E-state index in [1.54, 1.807) is 11.3 Å². The quantitative estimate of drug-likeness (QED) is 0.810. The second-order valence-corrected chi connectivity index (χ2v) is 5.91. The monoisotopic (exact) mass is 230 g/mol. The second-order valence-electron chi connectivity index (χ2n) is 4.19. The number of halogens is 1. The Hall–Kier alpha value is -0.0500. The maximum absolute atomic E-state index is 6.00. The van der Waals surface area contributed by atoms with Crippen LogP contribution in [-0.4, -0.2) is 6.54 Å². The smallest absolute Gasteiger partial charge is 0.0931 e. The second kappa shape index (κ2) is 4.21. The van der Waals surface area contributed by atoms with E-state index in [1.807, 2.05) is 6.07 Å². The van der Waals surface area contributed by atoms with Crippen LogP contribution in [0.1, 0.15) is 37.0 Å². The lowest BCUT2D eigenvalue weighted by Crippen LogP contribution is -2.60. The van der Waals surface area contributed by atoms with E-state index in [1.165, 1.54) is 37.0 Å². The van der Waals surface area contributed by atoms with E-state index in [9.17, 15) is 0 Å². The molecule has 0 unspecified atom stereocenters. The van der Waals surface area contributed by atoms with Crippen LogP contribution in [0.3, 0.4) is 0 Å². The van der Waals surface area contributed by atoms with Crippen LogP contribution in [0.4, 0.5) is 0 Å². The summed E-state index contributed by atoms with van der Waals surface area (Å²) >= 11 is 7.74. The predicted molar refractivity (Wildman–Crippen MR) is 61.8 cm³/mol. The normalized spacial score (nSPS) is 21.0. The zero-order chi connectivity index (χ0) is 10.0. The van der Waals surface area contributed by atoms with Crippen molar-refractivity contribution >= 4 is 22.9 Å². The van der Waals surface area contributed by atoms with Crippen LogP contribution in [0, 0.1) is 0 Å². The lowest BCUT2D eigenvalue weighted by atomic mass is 9.73. The van der Waals surface area contributed by atoms with Crippen molar-refractivity contribution < 1.29 is 5.73 Å². The minimum absolute atomic E-state index is 0.357. The van der Waals surface area contributed by atoms with Gasteiger partial charge in [0.25, 0.3) is 0 Å². The summed E-state index contributed by atoms with van der Waals surface area (Å²) in [6.45, 7) is 1.02. The van der Waals surface area contributed by atoms with Gasteiger partial charge in [0.05, 0.1) is 16.3 Å². The highest BCUT2D eigenvalue weighted by molar-refractivity contribution is 7.16. The van der Waals surface area contributed by atoms with Gasteiger partial charge in [0.15, 0.2) is 0 Å². The number of thiophene rings is 1. The van der Waals surface area contributed by atoms with Crippen molar-refractivity contribution in [3.05, 3.63) is 21.3 Å². The van der Waals surface area contributed by atoms with Gasteiger partial charge in [0, 0.05) is 4.88 Å². The van der Waals surface area contributed by atoms with Gasteiger partial charge in [-0.1, -0.05) is 30.9 Å². The standard InChI is InChI=1S/C11H16ClNS/c12-10-5-4-9(14-10)11(8-13)6-2-1-3-7-11/h4-5H,1-3,6-8,13H2/p+1. The fraction of sp³-hybridized carbons (Fsp3) is 0.636. The van der Waals surface area contributed by atoms with Crippen LogP contribution < -0.4 is 5.73 Å². The predicted octanol–water partition coefficient (Wildman–Crippen LogP) is 2.85. The van der Waals surface area contributed by atoms with Crippen molar-refractivity contribution in [3.63, 3.8) is 0 Å². The van der Waals surface area contributed by atoms with Crippen molar-refractivity contribution in [3.8, 4) is 0 Å². The molecule has 3 N–H and O–H groups in total. The Labute approximate surface area is 94.3 Å². The molecule has 0 atom stereocenters. The molecule has 78 valence electrons. The molecule has 0 saturated heterocycles. The summed E-state index contributed by atoms with van der Waals surface area (Å²) in [6, 6.07) is 4.22.